The molecule has 2 heterocycles. The summed E-state index contributed by atoms with van der Waals surface area (Å²) in [5.41, 5.74) is -1.11. The Morgan fingerprint density at radius 3 is 2.67 bits per heavy atom. The monoisotopic (exact) mass is 421 g/mol. The highest BCUT2D eigenvalue weighted by atomic mass is 79.9. The summed E-state index contributed by atoms with van der Waals surface area (Å²) in [6, 6.07) is 5.18. The number of thiophene rings is 1. The summed E-state index contributed by atoms with van der Waals surface area (Å²) in [4.78, 5) is 12.4. The van der Waals surface area contributed by atoms with Crippen molar-refractivity contribution >= 4 is 49.1 Å². The molecule has 1 amide bonds. The van der Waals surface area contributed by atoms with Crippen LogP contribution in [0.3, 0.4) is 0 Å². The lowest BCUT2D eigenvalue weighted by Gasteiger charge is -2.05. The number of nitrogens with zero attached hydrogens (tertiary/aromatic N) is 2. The highest BCUT2D eigenvalue weighted by molar-refractivity contribution is 9.10. The van der Waals surface area contributed by atoms with Gasteiger partial charge >= 0.3 is 6.18 Å². The van der Waals surface area contributed by atoms with E-state index in [2.05, 4.69) is 26.3 Å². The standard InChI is InChI=1S/C14H8BrF4N3OS/c1-22-13-7(11(21-22)14(17,18)19)5-10(24-13)12(23)20-9-3-2-6(15)4-8(9)16/h2-5H,1H3,(H,20,23). The molecule has 0 fully saturated rings. The number of rotatable bonds is 2. The number of hydrogen-bond acceptors (Lipinski definition) is 3. The summed E-state index contributed by atoms with van der Waals surface area (Å²) < 4.78 is 54.2. The lowest BCUT2D eigenvalue weighted by molar-refractivity contribution is -0.140. The van der Waals surface area contributed by atoms with Crippen LogP contribution >= 0.6 is 27.3 Å². The van der Waals surface area contributed by atoms with Gasteiger partial charge in [0, 0.05) is 16.9 Å². The Balaban J connectivity index is 1.96. The molecular weight excluding hydrogens is 414 g/mol. The van der Waals surface area contributed by atoms with Crippen molar-refractivity contribution in [3.8, 4) is 0 Å². The van der Waals surface area contributed by atoms with Gasteiger partial charge in [-0.15, -0.1) is 11.3 Å². The normalized spacial score (nSPS) is 11.9. The van der Waals surface area contributed by atoms with Crippen molar-refractivity contribution in [1.29, 1.82) is 0 Å². The smallest absolute Gasteiger partial charge is 0.319 e. The molecule has 0 aliphatic carbocycles. The average Bonchev–Trinajstić information content (AvgIpc) is 3.02. The highest BCUT2D eigenvalue weighted by Crippen LogP contribution is 2.37. The summed E-state index contributed by atoms with van der Waals surface area (Å²) in [5.74, 6) is -1.35. The summed E-state index contributed by atoms with van der Waals surface area (Å²) in [6.45, 7) is 0. The maximum Gasteiger partial charge on any atom is 0.435 e. The van der Waals surface area contributed by atoms with Crippen LogP contribution in [0, 0.1) is 5.82 Å². The molecule has 0 unspecified atom stereocenters. The van der Waals surface area contributed by atoms with Crippen molar-refractivity contribution in [1.82, 2.24) is 9.78 Å². The second kappa shape index (κ2) is 5.85. The average molecular weight is 422 g/mol. The first-order valence-corrected chi connectivity index (χ1v) is 8.08. The van der Waals surface area contributed by atoms with Gasteiger partial charge in [0.25, 0.3) is 5.91 Å². The number of anilines is 1. The van der Waals surface area contributed by atoms with E-state index in [9.17, 15) is 22.4 Å². The van der Waals surface area contributed by atoms with Crippen LogP contribution in [0.2, 0.25) is 0 Å². The molecule has 24 heavy (non-hydrogen) atoms. The molecule has 0 saturated carbocycles. The number of carbonyl (C=O) groups is 1. The van der Waals surface area contributed by atoms with Crippen molar-refractivity contribution < 1.29 is 22.4 Å². The molecule has 3 rings (SSSR count). The van der Waals surface area contributed by atoms with Crippen LogP contribution in [0.5, 0.6) is 0 Å². The third kappa shape index (κ3) is 3.03. The minimum Gasteiger partial charge on any atom is -0.319 e. The van der Waals surface area contributed by atoms with Gasteiger partial charge in [-0.05, 0) is 24.3 Å². The summed E-state index contributed by atoms with van der Waals surface area (Å²) >= 11 is 3.95. The number of fused-ring (bicyclic) bond motifs is 1. The Morgan fingerprint density at radius 1 is 1.33 bits per heavy atom. The molecule has 2 aromatic heterocycles. The van der Waals surface area contributed by atoms with Gasteiger partial charge in [0.05, 0.1) is 10.6 Å². The molecule has 1 aromatic carbocycles. The highest BCUT2D eigenvalue weighted by Gasteiger charge is 2.37. The molecule has 10 heteroatoms. The number of benzene rings is 1. The second-order valence-electron chi connectivity index (χ2n) is 4.88. The van der Waals surface area contributed by atoms with Gasteiger partial charge in [-0.1, -0.05) is 15.9 Å². The SMILES string of the molecule is Cn1nc(C(F)(F)F)c2cc(C(=O)Nc3ccc(Br)cc3F)sc21. The molecule has 0 aliphatic rings. The third-order valence-electron chi connectivity index (χ3n) is 3.18. The fourth-order valence-corrected chi connectivity index (χ4v) is 3.44. The predicted molar refractivity (Wildman–Crippen MR) is 85.6 cm³/mol. The van der Waals surface area contributed by atoms with E-state index in [1.165, 1.54) is 25.2 Å². The summed E-state index contributed by atoms with van der Waals surface area (Å²) in [7, 11) is 1.37. The van der Waals surface area contributed by atoms with Gasteiger partial charge in [0.15, 0.2) is 5.69 Å². The lowest BCUT2D eigenvalue weighted by atomic mass is 10.2. The van der Waals surface area contributed by atoms with Gasteiger partial charge in [0.1, 0.15) is 10.6 Å². The van der Waals surface area contributed by atoms with Crippen molar-refractivity contribution in [2.45, 2.75) is 6.18 Å². The van der Waals surface area contributed by atoms with E-state index in [4.69, 9.17) is 0 Å². The first-order chi connectivity index (χ1) is 11.2. The van der Waals surface area contributed by atoms with Crippen LogP contribution in [-0.2, 0) is 13.2 Å². The maximum absolute atomic E-state index is 13.8. The molecule has 0 saturated heterocycles. The number of hydrogen-bond donors (Lipinski definition) is 1. The van der Waals surface area contributed by atoms with Crippen LogP contribution in [0.15, 0.2) is 28.7 Å². The third-order valence-corrected chi connectivity index (χ3v) is 4.88. The zero-order valence-corrected chi connectivity index (χ0v) is 14.3. The zero-order chi connectivity index (χ0) is 17.6. The van der Waals surface area contributed by atoms with E-state index in [0.29, 0.717) is 4.47 Å². The number of carbonyl (C=O) groups excluding carboxylic acids is 1. The number of aryl methyl sites for hydroxylation is 1. The molecule has 0 radical (unpaired) electrons. The topological polar surface area (TPSA) is 46.9 Å². The van der Waals surface area contributed by atoms with E-state index in [1.807, 2.05) is 0 Å². The number of nitrogens with one attached hydrogen (secondary N) is 1. The molecule has 4 nitrogen and oxygen atoms in total. The van der Waals surface area contributed by atoms with Crippen molar-refractivity contribution in [2.75, 3.05) is 5.32 Å². The maximum atomic E-state index is 13.8. The van der Waals surface area contributed by atoms with Crippen molar-refractivity contribution in [2.24, 2.45) is 7.05 Å². The van der Waals surface area contributed by atoms with Crippen LogP contribution in [0.25, 0.3) is 10.2 Å². The van der Waals surface area contributed by atoms with Gasteiger partial charge < -0.3 is 5.32 Å². The number of aromatic nitrogens is 2. The first kappa shape index (κ1) is 16.9. The largest absolute Gasteiger partial charge is 0.435 e. The zero-order valence-electron chi connectivity index (χ0n) is 11.9. The Labute approximate surface area is 145 Å². The molecule has 3 aromatic rings. The van der Waals surface area contributed by atoms with Crippen LogP contribution in [0.4, 0.5) is 23.2 Å². The minimum atomic E-state index is -4.62. The molecular formula is C14H8BrF4N3OS. The molecule has 0 spiro atoms. The van der Waals surface area contributed by atoms with E-state index in [0.717, 1.165) is 22.1 Å². The minimum absolute atomic E-state index is 0.0332. The number of amides is 1. The Hall–Kier alpha value is -1.94. The summed E-state index contributed by atoms with van der Waals surface area (Å²) in [6.07, 6.45) is -4.62. The van der Waals surface area contributed by atoms with Crippen molar-refractivity contribution in [3.63, 3.8) is 0 Å². The van der Waals surface area contributed by atoms with Crippen LogP contribution in [-0.4, -0.2) is 15.7 Å². The van der Waals surface area contributed by atoms with Gasteiger partial charge in [-0.25, -0.2) is 4.39 Å². The Morgan fingerprint density at radius 2 is 2.04 bits per heavy atom. The first-order valence-electron chi connectivity index (χ1n) is 6.47. The van der Waals surface area contributed by atoms with Gasteiger partial charge in [-0.3, -0.25) is 9.48 Å². The number of alkyl halides is 3. The fourth-order valence-electron chi connectivity index (χ4n) is 2.14. The van der Waals surface area contributed by atoms with Crippen LogP contribution < -0.4 is 5.32 Å². The predicted octanol–water partition coefficient (Wildman–Crippen LogP) is 4.81. The van der Waals surface area contributed by atoms with E-state index in [1.54, 1.807) is 0 Å². The molecule has 0 bridgehead atoms. The van der Waals surface area contributed by atoms with Crippen molar-refractivity contribution in [3.05, 3.63) is 45.1 Å². The van der Waals surface area contributed by atoms with E-state index >= 15 is 0 Å². The lowest BCUT2D eigenvalue weighted by Crippen LogP contribution is -2.11. The summed E-state index contributed by atoms with van der Waals surface area (Å²) in [5, 5.41) is 5.63. The Bertz CT molecular complexity index is 948. The second-order valence-corrected chi connectivity index (χ2v) is 6.82. The molecule has 126 valence electrons. The van der Waals surface area contributed by atoms with Gasteiger partial charge in [0.2, 0.25) is 0 Å². The molecule has 1 N–H and O–H groups in total. The quantitative estimate of drug-likeness (QED) is 0.603. The van der Waals surface area contributed by atoms with E-state index in [-0.39, 0.29) is 20.8 Å². The molecule has 0 aliphatic heterocycles. The Kier molecular flexibility index (Phi) is 4.12. The molecule has 0 atom stereocenters. The van der Waals surface area contributed by atoms with E-state index < -0.39 is 23.6 Å². The van der Waals surface area contributed by atoms with Crippen LogP contribution in [0.1, 0.15) is 15.4 Å². The number of halogens is 5. The van der Waals surface area contributed by atoms with Gasteiger partial charge in [-0.2, -0.15) is 18.3 Å². The fraction of sp³-hybridized carbons (Fsp3) is 0.143.